The molecule has 0 saturated carbocycles. The van der Waals surface area contributed by atoms with E-state index in [0.29, 0.717) is 17.7 Å². The fourth-order valence-electron chi connectivity index (χ4n) is 0.927. The van der Waals surface area contributed by atoms with Gasteiger partial charge >= 0.3 is 11.9 Å². The maximum Gasteiger partial charge on any atom is 0.328 e. The van der Waals surface area contributed by atoms with Crippen LogP contribution >= 0.6 is 0 Å². The van der Waals surface area contributed by atoms with Crippen molar-refractivity contribution >= 4 is 22.1 Å². The molecule has 0 heterocycles. The largest absolute Gasteiger partial charge is 0.478 e. The second-order valence-electron chi connectivity index (χ2n) is 3.22. The highest BCUT2D eigenvalue weighted by Crippen LogP contribution is 2.02. The Kier molecular flexibility index (Phi) is 7.08. The van der Waals surface area contributed by atoms with Crippen LogP contribution in [0.25, 0.3) is 0 Å². The van der Waals surface area contributed by atoms with Gasteiger partial charge in [0.1, 0.15) is 5.75 Å². The summed E-state index contributed by atoms with van der Waals surface area (Å²) in [4.78, 5) is 19.1. The van der Waals surface area contributed by atoms with Crippen LogP contribution in [0.5, 0.6) is 0 Å². The van der Waals surface area contributed by atoms with Gasteiger partial charge in [0.05, 0.1) is 0 Å². The molecule has 1 aromatic carbocycles. The second-order valence-corrected chi connectivity index (χ2v) is 4.67. The molecule has 0 atom stereocenters. The van der Waals surface area contributed by atoms with Gasteiger partial charge in [0.25, 0.3) is 10.1 Å². The van der Waals surface area contributed by atoms with Crippen LogP contribution < -0.4 is 0 Å². The molecule has 0 radical (unpaired) electrons. The predicted octanol–water partition coefficient (Wildman–Crippen LogP) is 0.786. The molecule has 0 aliphatic carbocycles. The molecule has 3 N–H and O–H groups in total. The zero-order chi connectivity index (χ0) is 14.9. The van der Waals surface area contributed by atoms with E-state index in [4.69, 9.17) is 14.8 Å². The summed E-state index contributed by atoms with van der Waals surface area (Å²) in [5, 5.41) is 15.6. The van der Waals surface area contributed by atoms with E-state index in [1.807, 2.05) is 0 Å². The molecule has 0 fully saturated rings. The van der Waals surface area contributed by atoms with E-state index in [2.05, 4.69) is 0 Å². The van der Waals surface area contributed by atoms with E-state index in [1.54, 1.807) is 30.3 Å². The SMILES string of the molecule is O=C(O)/C=C/C(=O)O.O=S(=O)(O)Cc1ccccc1. The molecule has 0 bridgehead atoms. The molecule has 1 rings (SSSR count). The Bertz CT molecular complexity index is 530. The van der Waals surface area contributed by atoms with Gasteiger partial charge in [-0.1, -0.05) is 30.3 Å². The number of hydrogen-bond donors (Lipinski definition) is 3. The lowest BCUT2D eigenvalue weighted by Crippen LogP contribution is -2.00. The fourth-order valence-corrected chi connectivity index (χ4v) is 1.54. The monoisotopic (exact) mass is 288 g/mol. The van der Waals surface area contributed by atoms with E-state index in [9.17, 15) is 18.0 Å². The molecule has 104 valence electrons. The van der Waals surface area contributed by atoms with Gasteiger partial charge in [-0.3, -0.25) is 4.55 Å². The molecule has 0 aromatic heterocycles. The average Bonchev–Trinajstić information content (AvgIpc) is 2.26. The maximum atomic E-state index is 10.4. The van der Waals surface area contributed by atoms with E-state index in [1.165, 1.54) is 0 Å². The fraction of sp³-hybridized carbons (Fsp3) is 0.0909. The van der Waals surface area contributed by atoms with E-state index in [-0.39, 0.29) is 5.75 Å². The molecule has 7 nitrogen and oxygen atoms in total. The molecule has 0 aliphatic heterocycles. The zero-order valence-electron chi connectivity index (χ0n) is 9.63. The molecule has 0 amide bonds. The molecule has 19 heavy (non-hydrogen) atoms. The second kappa shape index (κ2) is 8.01. The van der Waals surface area contributed by atoms with Crippen molar-refractivity contribution in [2.75, 3.05) is 0 Å². The van der Waals surface area contributed by atoms with Crippen molar-refractivity contribution < 1.29 is 32.8 Å². The summed E-state index contributed by atoms with van der Waals surface area (Å²) >= 11 is 0. The Hall–Kier alpha value is -2.19. The standard InChI is InChI=1S/C7H8O3S.C4H4O4/c8-11(9,10)6-7-4-2-1-3-5-7;5-3(6)1-2-4(7)8/h1-5H,6H2,(H,8,9,10);1-2H,(H,5,6)(H,7,8)/b;2-1+. The summed E-state index contributed by atoms with van der Waals surface area (Å²) < 4.78 is 29.2. The molecular formula is C11H12O7S. The Balaban J connectivity index is 0.000000362. The van der Waals surface area contributed by atoms with Gasteiger partial charge in [0.2, 0.25) is 0 Å². The van der Waals surface area contributed by atoms with Crippen molar-refractivity contribution in [3.05, 3.63) is 48.0 Å². The summed E-state index contributed by atoms with van der Waals surface area (Å²) in [5.74, 6) is -2.83. The smallest absolute Gasteiger partial charge is 0.328 e. The quantitative estimate of drug-likeness (QED) is 0.551. The van der Waals surface area contributed by atoms with Gasteiger partial charge in [-0.15, -0.1) is 0 Å². The number of carboxylic acids is 2. The topological polar surface area (TPSA) is 129 Å². The third kappa shape index (κ3) is 12.1. The van der Waals surface area contributed by atoms with Crippen LogP contribution in [-0.2, 0) is 25.5 Å². The summed E-state index contributed by atoms with van der Waals surface area (Å²) in [6, 6.07) is 8.52. The maximum absolute atomic E-state index is 10.4. The first kappa shape index (κ1) is 16.8. The van der Waals surface area contributed by atoms with Crippen molar-refractivity contribution in [1.29, 1.82) is 0 Å². The van der Waals surface area contributed by atoms with E-state index in [0.717, 1.165) is 0 Å². The third-order valence-electron chi connectivity index (χ3n) is 1.56. The molecule has 0 unspecified atom stereocenters. The van der Waals surface area contributed by atoms with Gasteiger partial charge in [-0.2, -0.15) is 8.42 Å². The average molecular weight is 288 g/mol. The van der Waals surface area contributed by atoms with Gasteiger partial charge in [0.15, 0.2) is 0 Å². The van der Waals surface area contributed by atoms with Crippen LogP contribution in [0.2, 0.25) is 0 Å². The van der Waals surface area contributed by atoms with Crippen molar-refractivity contribution in [1.82, 2.24) is 0 Å². The van der Waals surface area contributed by atoms with Gasteiger partial charge in [-0.25, -0.2) is 9.59 Å². The first-order valence-corrected chi connectivity index (χ1v) is 6.44. The number of carbonyl (C=O) groups is 2. The Morgan fingerprint density at radius 3 is 1.74 bits per heavy atom. The minimum atomic E-state index is -3.88. The highest BCUT2D eigenvalue weighted by Gasteiger charge is 2.04. The van der Waals surface area contributed by atoms with Gasteiger partial charge in [0, 0.05) is 12.2 Å². The minimum Gasteiger partial charge on any atom is -0.478 e. The molecule has 0 spiro atoms. The van der Waals surface area contributed by atoms with Crippen molar-refractivity contribution in [2.45, 2.75) is 5.75 Å². The van der Waals surface area contributed by atoms with Crippen LogP contribution in [0.3, 0.4) is 0 Å². The van der Waals surface area contributed by atoms with E-state index < -0.39 is 22.1 Å². The third-order valence-corrected chi connectivity index (χ3v) is 2.26. The number of aliphatic carboxylic acids is 2. The lowest BCUT2D eigenvalue weighted by molar-refractivity contribution is -0.134. The molecule has 1 aromatic rings. The first-order chi connectivity index (χ1) is 8.70. The summed E-state index contributed by atoms with van der Waals surface area (Å²) in [6.07, 6.45) is 1.12. The molecule has 0 aliphatic rings. The number of benzene rings is 1. The zero-order valence-corrected chi connectivity index (χ0v) is 10.4. The van der Waals surface area contributed by atoms with E-state index >= 15 is 0 Å². The van der Waals surface area contributed by atoms with Crippen molar-refractivity contribution in [3.8, 4) is 0 Å². The summed E-state index contributed by atoms with van der Waals surface area (Å²) in [7, 11) is -3.88. The Morgan fingerprint density at radius 1 is 1.00 bits per heavy atom. The van der Waals surface area contributed by atoms with Crippen LogP contribution in [0.15, 0.2) is 42.5 Å². The van der Waals surface area contributed by atoms with Gasteiger partial charge in [-0.05, 0) is 5.56 Å². The Labute approximate surface area is 109 Å². The minimum absolute atomic E-state index is 0.312. The predicted molar refractivity (Wildman–Crippen MR) is 66.1 cm³/mol. The summed E-state index contributed by atoms with van der Waals surface area (Å²) in [6.45, 7) is 0. The van der Waals surface area contributed by atoms with Crippen LogP contribution in [0.1, 0.15) is 5.56 Å². The normalized spacial score (nSPS) is 10.6. The summed E-state index contributed by atoms with van der Waals surface area (Å²) in [5.41, 5.74) is 0.593. The lowest BCUT2D eigenvalue weighted by Gasteiger charge is -1.95. The highest BCUT2D eigenvalue weighted by molar-refractivity contribution is 7.85. The highest BCUT2D eigenvalue weighted by atomic mass is 32.2. The molecular weight excluding hydrogens is 276 g/mol. The first-order valence-electron chi connectivity index (χ1n) is 4.83. The number of rotatable bonds is 4. The van der Waals surface area contributed by atoms with Crippen LogP contribution in [0, 0.1) is 0 Å². The van der Waals surface area contributed by atoms with Crippen molar-refractivity contribution in [2.24, 2.45) is 0 Å². The molecule has 0 saturated heterocycles. The number of hydrogen-bond acceptors (Lipinski definition) is 4. The van der Waals surface area contributed by atoms with Gasteiger partial charge < -0.3 is 10.2 Å². The Morgan fingerprint density at radius 2 is 1.42 bits per heavy atom. The van der Waals surface area contributed by atoms with Crippen molar-refractivity contribution in [3.63, 3.8) is 0 Å². The molecule has 8 heteroatoms. The number of carboxylic acid groups (broad SMARTS) is 2. The van der Waals surface area contributed by atoms with Crippen LogP contribution in [0.4, 0.5) is 0 Å². The van der Waals surface area contributed by atoms with Crippen LogP contribution in [-0.4, -0.2) is 35.1 Å². The lowest BCUT2D eigenvalue weighted by atomic mass is 10.2.